The molecule has 4 nitrogen and oxygen atoms in total. The number of rotatable bonds is 2. The van der Waals surface area contributed by atoms with Crippen molar-refractivity contribution in [2.75, 3.05) is 11.1 Å². The van der Waals surface area contributed by atoms with Crippen molar-refractivity contribution in [3.05, 3.63) is 52.5 Å². The first-order chi connectivity index (χ1) is 11.3. The van der Waals surface area contributed by atoms with Crippen molar-refractivity contribution < 1.29 is 18.0 Å². The number of alkyl halides is 3. The summed E-state index contributed by atoms with van der Waals surface area (Å²) in [6, 6.07) is 8.29. The molecule has 0 aliphatic heterocycles. The highest BCUT2D eigenvalue weighted by atomic mass is 32.1. The normalized spacial score (nSPS) is 11.7. The summed E-state index contributed by atoms with van der Waals surface area (Å²) in [5.41, 5.74) is 5.71. The van der Waals surface area contributed by atoms with Gasteiger partial charge in [-0.05, 0) is 31.2 Å². The highest BCUT2D eigenvalue weighted by Crippen LogP contribution is 2.36. The van der Waals surface area contributed by atoms with Gasteiger partial charge in [0.15, 0.2) is 0 Å². The van der Waals surface area contributed by atoms with Crippen molar-refractivity contribution in [1.29, 1.82) is 0 Å². The Kier molecular flexibility index (Phi) is 3.92. The summed E-state index contributed by atoms with van der Waals surface area (Å²) < 4.78 is 39.0. The molecule has 0 aliphatic carbocycles. The lowest BCUT2D eigenvalue weighted by Crippen LogP contribution is -2.16. The smallest absolute Gasteiger partial charge is 0.397 e. The number of pyridine rings is 1. The molecular formula is C16H12F3N3OS. The fraction of sp³-hybridized carbons (Fsp3) is 0.125. The van der Waals surface area contributed by atoms with Crippen LogP contribution in [0.1, 0.15) is 20.9 Å². The molecule has 0 saturated carbocycles. The number of aromatic nitrogens is 1. The van der Waals surface area contributed by atoms with Gasteiger partial charge in [-0.1, -0.05) is 12.1 Å². The summed E-state index contributed by atoms with van der Waals surface area (Å²) in [5, 5.41) is 2.90. The standard InChI is InChI=1S/C16H12F3N3OS/c1-8-6-7-9-12(20)13(24-15(9)21-8)14(23)22-11-5-3-2-4-10(11)16(17,18)19/h2-7H,20H2,1H3,(H,22,23). The van der Waals surface area contributed by atoms with Crippen LogP contribution in [0.4, 0.5) is 24.5 Å². The monoisotopic (exact) mass is 351 g/mol. The Bertz CT molecular complexity index is 934. The number of anilines is 2. The second kappa shape index (κ2) is 5.79. The summed E-state index contributed by atoms with van der Waals surface area (Å²) >= 11 is 1.05. The number of thiophene rings is 1. The molecule has 0 saturated heterocycles. The molecule has 0 spiro atoms. The first-order valence-electron chi connectivity index (χ1n) is 6.90. The largest absolute Gasteiger partial charge is 0.418 e. The van der Waals surface area contributed by atoms with Gasteiger partial charge in [-0.25, -0.2) is 4.98 Å². The zero-order valence-corrected chi connectivity index (χ0v) is 13.3. The van der Waals surface area contributed by atoms with Crippen LogP contribution in [0.25, 0.3) is 10.2 Å². The number of amides is 1. The predicted octanol–water partition coefficient (Wildman–Crippen LogP) is 4.46. The number of nitrogens with zero attached hydrogens (tertiary/aromatic N) is 1. The Morgan fingerprint density at radius 1 is 1.21 bits per heavy atom. The lowest BCUT2D eigenvalue weighted by Gasteiger charge is -2.13. The molecule has 2 heterocycles. The molecule has 0 unspecified atom stereocenters. The number of carbonyl (C=O) groups excluding carboxylic acids is 1. The summed E-state index contributed by atoms with van der Waals surface area (Å²) in [5.74, 6) is -0.690. The molecule has 24 heavy (non-hydrogen) atoms. The van der Waals surface area contributed by atoms with Gasteiger partial charge in [0.1, 0.15) is 9.71 Å². The van der Waals surface area contributed by atoms with Crippen molar-refractivity contribution in [2.24, 2.45) is 0 Å². The van der Waals surface area contributed by atoms with E-state index in [-0.39, 0.29) is 16.3 Å². The maximum absolute atomic E-state index is 13.0. The summed E-state index contributed by atoms with van der Waals surface area (Å²) in [6.07, 6.45) is -4.56. The molecule has 0 aliphatic rings. The fourth-order valence-electron chi connectivity index (χ4n) is 2.28. The Labute approximate surface area is 139 Å². The van der Waals surface area contributed by atoms with Crippen LogP contribution >= 0.6 is 11.3 Å². The SMILES string of the molecule is Cc1ccc2c(N)c(C(=O)Nc3ccccc3C(F)(F)F)sc2n1. The van der Waals surface area contributed by atoms with E-state index in [1.807, 2.05) is 0 Å². The van der Waals surface area contributed by atoms with Crippen LogP contribution < -0.4 is 11.1 Å². The molecule has 3 aromatic rings. The van der Waals surface area contributed by atoms with Gasteiger partial charge in [-0.15, -0.1) is 11.3 Å². The summed E-state index contributed by atoms with van der Waals surface area (Å²) in [6.45, 7) is 1.80. The average Bonchev–Trinajstić information content (AvgIpc) is 2.83. The zero-order chi connectivity index (χ0) is 17.5. The van der Waals surface area contributed by atoms with Gasteiger partial charge in [0.25, 0.3) is 5.91 Å². The maximum Gasteiger partial charge on any atom is 0.418 e. The van der Waals surface area contributed by atoms with Crippen LogP contribution in [-0.2, 0) is 6.18 Å². The minimum atomic E-state index is -4.56. The molecule has 0 radical (unpaired) electrons. The molecule has 0 atom stereocenters. The van der Waals surface area contributed by atoms with Crippen LogP contribution in [0.3, 0.4) is 0 Å². The Balaban J connectivity index is 1.98. The molecule has 3 rings (SSSR count). The number of hydrogen-bond acceptors (Lipinski definition) is 4. The van der Waals surface area contributed by atoms with Gasteiger partial charge in [-0.2, -0.15) is 13.2 Å². The van der Waals surface area contributed by atoms with Crippen LogP contribution in [-0.4, -0.2) is 10.9 Å². The topological polar surface area (TPSA) is 68.0 Å². The van der Waals surface area contributed by atoms with E-state index in [0.29, 0.717) is 10.2 Å². The number of hydrogen-bond donors (Lipinski definition) is 2. The average molecular weight is 351 g/mol. The predicted molar refractivity (Wildman–Crippen MR) is 88.2 cm³/mol. The number of carbonyl (C=O) groups is 1. The molecule has 1 amide bonds. The molecular weight excluding hydrogens is 339 g/mol. The van der Waals surface area contributed by atoms with Crippen LogP contribution in [0.15, 0.2) is 36.4 Å². The first kappa shape index (κ1) is 16.3. The van der Waals surface area contributed by atoms with Crippen LogP contribution in [0.5, 0.6) is 0 Å². The summed E-state index contributed by atoms with van der Waals surface area (Å²) in [7, 11) is 0. The number of halogens is 3. The Morgan fingerprint density at radius 3 is 2.62 bits per heavy atom. The zero-order valence-electron chi connectivity index (χ0n) is 12.4. The van der Waals surface area contributed by atoms with Gasteiger partial charge >= 0.3 is 6.18 Å². The number of aryl methyl sites for hydroxylation is 1. The van der Waals surface area contributed by atoms with Crippen molar-refractivity contribution in [2.45, 2.75) is 13.1 Å². The van der Waals surface area contributed by atoms with Gasteiger partial charge in [0.2, 0.25) is 0 Å². The van der Waals surface area contributed by atoms with Crippen molar-refractivity contribution >= 4 is 38.8 Å². The van der Waals surface area contributed by atoms with E-state index in [1.54, 1.807) is 19.1 Å². The minimum absolute atomic E-state index is 0.139. The highest BCUT2D eigenvalue weighted by Gasteiger charge is 2.33. The minimum Gasteiger partial charge on any atom is -0.397 e. The van der Waals surface area contributed by atoms with E-state index in [0.717, 1.165) is 23.1 Å². The van der Waals surface area contributed by atoms with Crippen molar-refractivity contribution in [1.82, 2.24) is 4.98 Å². The number of nitrogens with one attached hydrogen (secondary N) is 1. The van der Waals surface area contributed by atoms with Crippen molar-refractivity contribution in [3.8, 4) is 0 Å². The van der Waals surface area contributed by atoms with Gasteiger partial charge in [-0.3, -0.25) is 4.79 Å². The Hall–Kier alpha value is -2.61. The fourth-order valence-corrected chi connectivity index (χ4v) is 3.31. The number of fused-ring (bicyclic) bond motifs is 1. The second-order valence-corrected chi connectivity index (χ2v) is 6.15. The lowest BCUT2D eigenvalue weighted by molar-refractivity contribution is -0.136. The second-order valence-electron chi connectivity index (χ2n) is 5.15. The maximum atomic E-state index is 13.0. The number of benzene rings is 1. The molecule has 0 fully saturated rings. The molecule has 0 bridgehead atoms. The molecule has 2 aromatic heterocycles. The van der Waals surface area contributed by atoms with E-state index in [9.17, 15) is 18.0 Å². The number of nitrogen functional groups attached to an aromatic ring is 1. The number of nitrogens with two attached hydrogens (primary N) is 1. The first-order valence-corrected chi connectivity index (χ1v) is 7.72. The van der Waals surface area contributed by atoms with Gasteiger partial charge in [0.05, 0.1) is 16.9 Å². The van der Waals surface area contributed by atoms with Crippen molar-refractivity contribution in [3.63, 3.8) is 0 Å². The van der Waals surface area contributed by atoms with Crippen LogP contribution in [0, 0.1) is 6.92 Å². The third-order valence-electron chi connectivity index (χ3n) is 3.42. The summed E-state index contributed by atoms with van der Waals surface area (Å²) in [4.78, 5) is 17.4. The van der Waals surface area contributed by atoms with E-state index in [2.05, 4.69) is 10.3 Å². The van der Waals surface area contributed by atoms with Gasteiger partial charge in [0, 0.05) is 11.1 Å². The van der Waals surface area contributed by atoms with E-state index >= 15 is 0 Å². The third kappa shape index (κ3) is 2.92. The number of para-hydroxylation sites is 1. The lowest BCUT2D eigenvalue weighted by atomic mass is 10.1. The van der Waals surface area contributed by atoms with Crippen LogP contribution in [0.2, 0.25) is 0 Å². The molecule has 1 aromatic carbocycles. The third-order valence-corrected chi connectivity index (χ3v) is 4.53. The quantitative estimate of drug-likeness (QED) is 0.716. The van der Waals surface area contributed by atoms with E-state index in [1.165, 1.54) is 18.2 Å². The highest BCUT2D eigenvalue weighted by molar-refractivity contribution is 7.21. The Morgan fingerprint density at radius 2 is 1.92 bits per heavy atom. The molecule has 8 heteroatoms. The molecule has 3 N–H and O–H groups in total. The van der Waals surface area contributed by atoms with E-state index in [4.69, 9.17) is 5.73 Å². The van der Waals surface area contributed by atoms with Gasteiger partial charge < -0.3 is 11.1 Å². The molecule has 124 valence electrons. The van der Waals surface area contributed by atoms with E-state index < -0.39 is 17.6 Å².